The van der Waals surface area contributed by atoms with Gasteiger partial charge < -0.3 is 30.9 Å². The predicted molar refractivity (Wildman–Crippen MR) is 258 cm³/mol. The van der Waals surface area contributed by atoms with Crippen LogP contribution in [0.3, 0.4) is 0 Å². The fraction of sp³-hybridized carbons (Fsp3) is 0.0727. The molecule has 0 saturated heterocycles. The lowest BCUT2D eigenvalue weighted by atomic mass is 10.0. The standard InChI is InChI=1S/C21H17NO4.C21H19NO2.C13H13N/c1-26-17-9-5-8-16(12-17)20(23)22-19-13-15(10-11-18(19)21(24)25)14-6-3-2-4-7-14;1-15-11-12-17(16-7-4-3-5-8-16)14-20(15)22-21(23)18-9-6-10-19(13-18)24-2;1-10-7-8-12(9-13(10)14)11-5-3-2-4-6-11/h2-13H,1H3,(H,22,23)(H,24,25);3-14H,1-2H3,(H,22,23);2-9H,14H2,1H3. The van der Waals surface area contributed by atoms with Crippen LogP contribution >= 0.6 is 0 Å². The molecule has 0 aliphatic heterocycles. The molecule has 0 unspecified atom stereocenters. The maximum absolute atomic E-state index is 12.5. The number of ether oxygens (including phenoxy) is 2. The fourth-order valence-electron chi connectivity index (χ4n) is 6.58. The van der Waals surface area contributed by atoms with Crippen molar-refractivity contribution in [3.05, 3.63) is 222 Å². The molecule has 9 heteroatoms. The Balaban J connectivity index is 0.000000166. The van der Waals surface area contributed by atoms with E-state index in [1.165, 1.54) is 24.3 Å². The summed E-state index contributed by atoms with van der Waals surface area (Å²) in [6.45, 7) is 4.00. The summed E-state index contributed by atoms with van der Waals surface area (Å²) in [6.07, 6.45) is 0. The average Bonchev–Trinajstić information content (AvgIpc) is 3.34. The van der Waals surface area contributed by atoms with Crippen molar-refractivity contribution in [2.75, 3.05) is 30.6 Å². The van der Waals surface area contributed by atoms with Crippen LogP contribution < -0.4 is 25.8 Å². The molecule has 0 aliphatic rings. The number of aromatic carboxylic acids is 1. The summed E-state index contributed by atoms with van der Waals surface area (Å²) < 4.78 is 10.3. The first kappa shape index (κ1) is 45.1. The van der Waals surface area contributed by atoms with Crippen molar-refractivity contribution in [1.29, 1.82) is 0 Å². The Morgan fingerprint density at radius 3 is 1.28 bits per heavy atom. The smallest absolute Gasteiger partial charge is 0.337 e. The van der Waals surface area contributed by atoms with Crippen LogP contribution in [0.1, 0.15) is 42.2 Å². The number of nitrogens with one attached hydrogen (secondary N) is 2. The van der Waals surface area contributed by atoms with E-state index in [-0.39, 0.29) is 17.2 Å². The number of carbonyl (C=O) groups is 3. The van der Waals surface area contributed by atoms with Gasteiger partial charge in [-0.2, -0.15) is 0 Å². The van der Waals surface area contributed by atoms with E-state index in [2.05, 4.69) is 53.1 Å². The number of anilines is 3. The lowest BCUT2D eigenvalue weighted by Gasteiger charge is -2.12. The summed E-state index contributed by atoms with van der Waals surface area (Å²) in [5.41, 5.74) is 17.2. The Labute approximate surface area is 373 Å². The van der Waals surface area contributed by atoms with Gasteiger partial charge in [0.25, 0.3) is 11.8 Å². The number of carboxylic acid groups (broad SMARTS) is 1. The highest BCUT2D eigenvalue weighted by molar-refractivity contribution is 6.08. The molecule has 0 aromatic heterocycles. The number of methoxy groups -OCH3 is 2. The van der Waals surface area contributed by atoms with Gasteiger partial charge in [0.1, 0.15) is 11.5 Å². The molecule has 0 radical (unpaired) electrons. The van der Waals surface area contributed by atoms with Gasteiger partial charge in [-0.25, -0.2) is 4.79 Å². The van der Waals surface area contributed by atoms with Crippen LogP contribution in [0.4, 0.5) is 17.1 Å². The minimum absolute atomic E-state index is 0.0286. The molecule has 320 valence electrons. The van der Waals surface area contributed by atoms with Crippen molar-refractivity contribution in [3.8, 4) is 44.9 Å². The Morgan fingerprint density at radius 2 is 0.844 bits per heavy atom. The van der Waals surface area contributed by atoms with Crippen molar-refractivity contribution >= 4 is 34.8 Å². The van der Waals surface area contributed by atoms with Crippen molar-refractivity contribution in [2.24, 2.45) is 0 Å². The summed E-state index contributed by atoms with van der Waals surface area (Å²) in [5.74, 6) is -0.448. The van der Waals surface area contributed by atoms with E-state index in [4.69, 9.17) is 15.2 Å². The van der Waals surface area contributed by atoms with Gasteiger partial charge in [0, 0.05) is 22.5 Å². The van der Waals surface area contributed by atoms with Crippen molar-refractivity contribution in [2.45, 2.75) is 13.8 Å². The van der Waals surface area contributed by atoms with Crippen LogP contribution in [0.5, 0.6) is 11.5 Å². The molecule has 8 aromatic rings. The van der Waals surface area contributed by atoms with Crippen LogP contribution in [0, 0.1) is 13.8 Å². The van der Waals surface area contributed by atoms with Crippen molar-refractivity contribution < 1.29 is 29.0 Å². The molecule has 9 nitrogen and oxygen atoms in total. The normalized spacial score (nSPS) is 10.2. The molecule has 64 heavy (non-hydrogen) atoms. The topological polar surface area (TPSA) is 140 Å². The molecular formula is C55H49N3O6. The third-order valence-electron chi connectivity index (χ3n) is 10.2. The van der Waals surface area contributed by atoms with Crippen LogP contribution in [0.2, 0.25) is 0 Å². The zero-order valence-electron chi connectivity index (χ0n) is 36.0. The second kappa shape index (κ2) is 21.9. The lowest BCUT2D eigenvalue weighted by molar-refractivity contribution is 0.0697. The number of rotatable bonds is 10. The molecule has 5 N–H and O–H groups in total. The van der Waals surface area contributed by atoms with Gasteiger partial charge in [-0.05, 0) is 119 Å². The molecule has 0 atom stereocenters. The molecule has 0 bridgehead atoms. The second-order valence-electron chi connectivity index (χ2n) is 14.6. The van der Waals surface area contributed by atoms with Gasteiger partial charge in [-0.3, -0.25) is 9.59 Å². The number of benzene rings is 8. The number of carboxylic acids is 1. The van der Waals surface area contributed by atoms with Crippen LogP contribution in [-0.4, -0.2) is 37.1 Å². The summed E-state index contributed by atoms with van der Waals surface area (Å²) in [6, 6.07) is 60.8. The third kappa shape index (κ3) is 12.1. The number of aryl methyl sites for hydroxylation is 2. The molecule has 2 amide bonds. The largest absolute Gasteiger partial charge is 0.497 e. The first-order chi connectivity index (χ1) is 31.0. The van der Waals surface area contributed by atoms with Gasteiger partial charge in [0.15, 0.2) is 0 Å². The number of carbonyl (C=O) groups excluding carboxylic acids is 2. The van der Waals surface area contributed by atoms with Gasteiger partial charge in [-0.1, -0.05) is 133 Å². The van der Waals surface area contributed by atoms with Crippen LogP contribution in [0.15, 0.2) is 194 Å². The highest BCUT2D eigenvalue weighted by Crippen LogP contribution is 2.28. The Morgan fingerprint density at radius 1 is 0.438 bits per heavy atom. The lowest BCUT2D eigenvalue weighted by Crippen LogP contribution is -2.15. The zero-order chi connectivity index (χ0) is 45.4. The highest BCUT2D eigenvalue weighted by Gasteiger charge is 2.16. The van der Waals surface area contributed by atoms with E-state index >= 15 is 0 Å². The number of nitrogens with two attached hydrogens (primary N) is 1. The van der Waals surface area contributed by atoms with E-state index < -0.39 is 11.9 Å². The Bertz CT molecular complexity index is 2850. The van der Waals surface area contributed by atoms with Gasteiger partial charge in [0.05, 0.1) is 25.5 Å². The second-order valence-corrected chi connectivity index (χ2v) is 14.6. The first-order valence-corrected chi connectivity index (χ1v) is 20.4. The van der Waals surface area contributed by atoms with E-state index in [0.717, 1.165) is 44.8 Å². The maximum atomic E-state index is 12.5. The molecule has 8 rings (SSSR count). The number of hydrogen-bond donors (Lipinski definition) is 4. The molecule has 0 heterocycles. The maximum Gasteiger partial charge on any atom is 0.337 e. The molecule has 0 aliphatic carbocycles. The quantitative estimate of drug-likeness (QED) is 0.100. The Hall–Kier alpha value is -8.43. The molecule has 8 aromatic carbocycles. The van der Waals surface area contributed by atoms with Gasteiger partial charge in [0.2, 0.25) is 0 Å². The molecule has 0 spiro atoms. The summed E-state index contributed by atoms with van der Waals surface area (Å²) in [7, 11) is 3.10. The number of hydrogen-bond acceptors (Lipinski definition) is 6. The minimum Gasteiger partial charge on any atom is -0.497 e. The zero-order valence-corrected chi connectivity index (χ0v) is 36.0. The third-order valence-corrected chi connectivity index (χ3v) is 10.2. The van der Waals surface area contributed by atoms with E-state index in [9.17, 15) is 19.5 Å². The van der Waals surface area contributed by atoms with E-state index in [0.29, 0.717) is 22.6 Å². The van der Waals surface area contributed by atoms with E-state index in [1.807, 2.05) is 105 Å². The monoisotopic (exact) mass is 847 g/mol. The number of amides is 2. The summed E-state index contributed by atoms with van der Waals surface area (Å²) in [5, 5.41) is 15.1. The molecule has 0 saturated carbocycles. The summed E-state index contributed by atoms with van der Waals surface area (Å²) in [4.78, 5) is 36.6. The van der Waals surface area contributed by atoms with Gasteiger partial charge >= 0.3 is 5.97 Å². The SMILES string of the molecule is COc1cccc(C(=O)Nc2cc(-c3ccccc3)ccc2C(=O)O)c1.COc1cccc(C(=O)Nc2cc(-c3ccccc3)ccc2C)c1.Cc1ccc(-c2ccccc2)cc1N. The van der Waals surface area contributed by atoms with E-state index in [1.54, 1.807) is 61.7 Å². The van der Waals surface area contributed by atoms with Crippen LogP contribution in [-0.2, 0) is 0 Å². The first-order valence-electron chi connectivity index (χ1n) is 20.4. The summed E-state index contributed by atoms with van der Waals surface area (Å²) >= 11 is 0. The Kier molecular flexibility index (Phi) is 15.4. The fourth-order valence-corrected chi connectivity index (χ4v) is 6.58. The van der Waals surface area contributed by atoms with Crippen molar-refractivity contribution in [3.63, 3.8) is 0 Å². The minimum atomic E-state index is -1.11. The molecule has 0 fully saturated rings. The number of nitrogen functional groups attached to an aromatic ring is 1. The predicted octanol–water partition coefficient (Wildman–Crippen LogP) is 12.5. The van der Waals surface area contributed by atoms with Crippen molar-refractivity contribution in [1.82, 2.24) is 0 Å². The highest BCUT2D eigenvalue weighted by atomic mass is 16.5. The molecular weight excluding hydrogens is 799 g/mol. The average molecular weight is 848 g/mol. The van der Waals surface area contributed by atoms with Gasteiger partial charge in [-0.15, -0.1) is 0 Å². The van der Waals surface area contributed by atoms with Crippen LogP contribution in [0.25, 0.3) is 33.4 Å².